The third kappa shape index (κ3) is 2.62. The second-order valence-electron chi connectivity index (χ2n) is 3.69. The third-order valence-corrected chi connectivity index (χ3v) is 3.27. The first-order valence-corrected chi connectivity index (χ1v) is 5.84. The van der Waals surface area contributed by atoms with Gasteiger partial charge in [-0.3, -0.25) is 0 Å². The Labute approximate surface area is 112 Å². The van der Waals surface area contributed by atoms with Crippen molar-refractivity contribution < 1.29 is 13.2 Å². The molecule has 18 heavy (non-hydrogen) atoms. The van der Waals surface area contributed by atoms with E-state index in [1.807, 2.05) is 0 Å². The van der Waals surface area contributed by atoms with Crippen molar-refractivity contribution in [1.29, 1.82) is 0 Å². The van der Waals surface area contributed by atoms with E-state index >= 15 is 0 Å². The molecule has 0 spiro atoms. The first kappa shape index (κ1) is 13.2. The molecule has 2 rings (SSSR count). The molecule has 1 atom stereocenters. The molecule has 0 aliphatic carbocycles. The van der Waals surface area contributed by atoms with Gasteiger partial charge in [0.15, 0.2) is 0 Å². The fourth-order valence-corrected chi connectivity index (χ4v) is 2.28. The summed E-state index contributed by atoms with van der Waals surface area (Å²) in [5.41, 5.74) is 0.455. The summed E-state index contributed by atoms with van der Waals surface area (Å²) in [4.78, 5) is 0. The Morgan fingerprint density at radius 3 is 1.94 bits per heavy atom. The topological polar surface area (TPSA) is 0 Å². The number of hydrogen-bond donors (Lipinski definition) is 0. The number of hydrogen-bond acceptors (Lipinski definition) is 0. The van der Waals surface area contributed by atoms with Gasteiger partial charge in [0.1, 0.15) is 17.5 Å². The Balaban J connectivity index is 2.44. The van der Waals surface area contributed by atoms with Gasteiger partial charge in [0, 0.05) is 16.7 Å². The molecule has 0 radical (unpaired) electrons. The Hall–Kier alpha value is -1.19. The van der Waals surface area contributed by atoms with Gasteiger partial charge < -0.3 is 0 Å². The average Bonchev–Trinajstić information content (AvgIpc) is 2.28. The van der Waals surface area contributed by atoms with E-state index in [9.17, 15) is 13.2 Å². The molecular formula is C13H7Cl2F3. The maximum absolute atomic E-state index is 13.6. The third-order valence-electron chi connectivity index (χ3n) is 2.47. The minimum absolute atomic E-state index is 0.0894. The molecule has 0 nitrogen and oxygen atoms in total. The van der Waals surface area contributed by atoms with Crippen molar-refractivity contribution in [3.8, 4) is 0 Å². The second kappa shape index (κ2) is 5.21. The molecule has 1 unspecified atom stereocenters. The Morgan fingerprint density at radius 2 is 1.39 bits per heavy atom. The van der Waals surface area contributed by atoms with Crippen LogP contribution in [0.1, 0.15) is 16.5 Å². The smallest absolute Gasteiger partial charge is 0.131 e. The lowest BCUT2D eigenvalue weighted by Crippen LogP contribution is -1.99. The highest BCUT2D eigenvalue weighted by Gasteiger charge is 2.18. The molecule has 0 aliphatic rings. The molecule has 0 heterocycles. The summed E-state index contributed by atoms with van der Waals surface area (Å²) < 4.78 is 39.2. The molecule has 0 saturated heterocycles. The van der Waals surface area contributed by atoms with Crippen molar-refractivity contribution >= 4 is 23.2 Å². The zero-order valence-electron chi connectivity index (χ0n) is 8.93. The van der Waals surface area contributed by atoms with Crippen LogP contribution >= 0.6 is 23.2 Å². The second-order valence-corrected chi connectivity index (χ2v) is 4.54. The van der Waals surface area contributed by atoms with E-state index in [-0.39, 0.29) is 10.6 Å². The van der Waals surface area contributed by atoms with Crippen molar-refractivity contribution in [2.45, 2.75) is 5.38 Å². The maximum atomic E-state index is 13.6. The zero-order chi connectivity index (χ0) is 13.3. The monoisotopic (exact) mass is 290 g/mol. The molecule has 0 aromatic heterocycles. The number of alkyl halides is 1. The van der Waals surface area contributed by atoms with Gasteiger partial charge in [0.05, 0.1) is 5.38 Å². The molecule has 2 aromatic carbocycles. The molecule has 94 valence electrons. The normalized spacial score (nSPS) is 12.5. The molecule has 0 aliphatic heterocycles. The van der Waals surface area contributed by atoms with Crippen LogP contribution < -0.4 is 0 Å². The molecule has 2 aromatic rings. The molecule has 0 N–H and O–H groups in total. The lowest BCUT2D eigenvalue weighted by molar-refractivity contribution is 0.573. The average molecular weight is 291 g/mol. The Bertz CT molecular complexity index is 533. The summed E-state index contributed by atoms with van der Waals surface area (Å²) in [6.45, 7) is 0. The van der Waals surface area contributed by atoms with Crippen LogP contribution in [0.25, 0.3) is 0 Å². The van der Waals surface area contributed by atoms with Crippen LogP contribution in [0.2, 0.25) is 5.02 Å². The maximum Gasteiger partial charge on any atom is 0.131 e. The van der Waals surface area contributed by atoms with Gasteiger partial charge in [-0.05, 0) is 23.8 Å². The van der Waals surface area contributed by atoms with E-state index in [1.165, 1.54) is 18.2 Å². The fraction of sp³-hybridized carbons (Fsp3) is 0.0769. The summed E-state index contributed by atoms with van der Waals surface area (Å²) in [6, 6.07) is 6.72. The summed E-state index contributed by atoms with van der Waals surface area (Å²) in [5, 5.41) is -0.808. The fourth-order valence-electron chi connectivity index (χ4n) is 1.58. The number of halogens is 5. The predicted molar refractivity (Wildman–Crippen MR) is 65.5 cm³/mol. The highest BCUT2D eigenvalue weighted by Crippen LogP contribution is 2.35. The van der Waals surface area contributed by atoms with Crippen LogP contribution in [0.4, 0.5) is 13.2 Å². The lowest BCUT2D eigenvalue weighted by atomic mass is 10.0. The van der Waals surface area contributed by atoms with Crippen LogP contribution in [-0.2, 0) is 0 Å². The van der Waals surface area contributed by atoms with E-state index in [0.29, 0.717) is 5.56 Å². The van der Waals surface area contributed by atoms with Crippen molar-refractivity contribution in [3.05, 3.63) is 70.0 Å². The zero-order valence-corrected chi connectivity index (χ0v) is 10.4. The molecular weight excluding hydrogens is 284 g/mol. The number of rotatable bonds is 2. The van der Waals surface area contributed by atoms with Gasteiger partial charge in [-0.1, -0.05) is 23.7 Å². The standard InChI is InChI=1S/C13H7Cl2F3/c14-11-5-7(16)1-3-9(11)13(15)10-4-2-8(17)6-12(10)18/h1-6,13H. The molecule has 0 bridgehead atoms. The summed E-state index contributed by atoms with van der Waals surface area (Å²) in [5.74, 6) is -1.96. The van der Waals surface area contributed by atoms with Crippen LogP contribution in [-0.4, -0.2) is 0 Å². The minimum atomic E-state index is -0.904. The van der Waals surface area contributed by atoms with Crippen LogP contribution in [0, 0.1) is 17.5 Å². The van der Waals surface area contributed by atoms with E-state index < -0.39 is 22.8 Å². The van der Waals surface area contributed by atoms with Gasteiger partial charge in [0.25, 0.3) is 0 Å². The summed E-state index contributed by atoms with van der Waals surface area (Å²) >= 11 is 11.9. The highest BCUT2D eigenvalue weighted by molar-refractivity contribution is 6.33. The van der Waals surface area contributed by atoms with E-state index in [0.717, 1.165) is 18.2 Å². The van der Waals surface area contributed by atoms with Crippen LogP contribution in [0.3, 0.4) is 0 Å². The first-order valence-electron chi connectivity index (χ1n) is 5.03. The van der Waals surface area contributed by atoms with Crippen LogP contribution in [0.15, 0.2) is 36.4 Å². The highest BCUT2D eigenvalue weighted by atomic mass is 35.5. The van der Waals surface area contributed by atoms with Crippen molar-refractivity contribution in [1.82, 2.24) is 0 Å². The largest absolute Gasteiger partial charge is 0.207 e. The van der Waals surface area contributed by atoms with E-state index in [2.05, 4.69) is 0 Å². The first-order chi connectivity index (χ1) is 8.49. The van der Waals surface area contributed by atoms with Crippen LogP contribution in [0.5, 0.6) is 0 Å². The predicted octanol–water partition coefficient (Wildman–Crippen LogP) is 5.09. The molecule has 0 fully saturated rings. The molecule has 5 heteroatoms. The van der Waals surface area contributed by atoms with E-state index in [4.69, 9.17) is 23.2 Å². The minimum Gasteiger partial charge on any atom is -0.207 e. The van der Waals surface area contributed by atoms with Gasteiger partial charge >= 0.3 is 0 Å². The van der Waals surface area contributed by atoms with Crippen molar-refractivity contribution in [2.24, 2.45) is 0 Å². The number of benzene rings is 2. The summed E-state index contributed by atoms with van der Waals surface area (Å²) in [7, 11) is 0. The van der Waals surface area contributed by atoms with E-state index in [1.54, 1.807) is 0 Å². The van der Waals surface area contributed by atoms with Gasteiger partial charge in [0.2, 0.25) is 0 Å². The molecule has 0 amide bonds. The summed E-state index contributed by atoms with van der Waals surface area (Å²) in [6.07, 6.45) is 0. The Morgan fingerprint density at radius 1 is 0.833 bits per heavy atom. The van der Waals surface area contributed by atoms with Gasteiger partial charge in [-0.2, -0.15) is 0 Å². The Kier molecular flexibility index (Phi) is 3.83. The van der Waals surface area contributed by atoms with Crippen molar-refractivity contribution in [3.63, 3.8) is 0 Å². The quantitative estimate of drug-likeness (QED) is 0.676. The lowest BCUT2D eigenvalue weighted by Gasteiger charge is -2.13. The molecule has 0 saturated carbocycles. The van der Waals surface area contributed by atoms with Crippen molar-refractivity contribution in [2.75, 3.05) is 0 Å². The van der Waals surface area contributed by atoms with Gasteiger partial charge in [-0.25, -0.2) is 13.2 Å². The SMILES string of the molecule is Fc1ccc(C(Cl)c2ccc(F)cc2Cl)c(F)c1. The van der Waals surface area contributed by atoms with Gasteiger partial charge in [-0.15, -0.1) is 11.6 Å².